The second-order valence-electron chi connectivity index (χ2n) is 8.18. The normalized spacial score (nSPS) is 19.2. The van der Waals surface area contributed by atoms with E-state index >= 15 is 0 Å². The third-order valence-electron chi connectivity index (χ3n) is 5.92. The summed E-state index contributed by atoms with van der Waals surface area (Å²) in [5, 5.41) is 14.1. The van der Waals surface area contributed by atoms with Gasteiger partial charge in [-0.25, -0.2) is 14.5 Å². The van der Waals surface area contributed by atoms with Gasteiger partial charge in [0.25, 0.3) is 5.91 Å². The van der Waals surface area contributed by atoms with E-state index in [0.29, 0.717) is 36.2 Å². The van der Waals surface area contributed by atoms with Crippen molar-refractivity contribution in [1.82, 2.24) is 24.9 Å². The van der Waals surface area contributed by atoms with Crippen molar-refractivity contribution in [3.05, 3.63) is 41.9 Å². The lowest BCUT2D eigenvalue weighted by atomic mass is 10.1. The maximum absolute atomic E-state index is 13.0. The van der Waals surface area contributed by atoms with Crippen LogP contribution in [0.25, 0.3) is 5.65 Å². The molecule has 5 heterocycles. The predicted octanol–water partition coefficient (Wildman–Crippen LogP) is 1.69. The second-order valence-corrected chi connectivity index (χ2v) is 8.18. The van der Waals surface area contributed by atoms with E-state index < -0.39 is 0 Å². The molecule has 1 atom stereocenters. The number of carbonyl (C=O) groups excluding carboxylic acids is 1. The van der Waals surface area contributed by atoms with E-state index in [4.69, 9.17) is 4.74 Å². The van der Waals surface area contributed by atoms with Crippen molar-refractivity contribution in [2.75, 3.05) is 54.9 Å². The third kappa shape index (κ3) is 4.37. The van der Waals surface area contributed by atoms with E-state index in [1.54, 1.807) is 10.7 Å². The molecule has 1 amide bonds. The molecule has 10 nitrogen and oxygen atoms in total. The number of amides is 1. The van der Waals surface area contributed by atoms with Gasteiger partial charge in [0.1, 0.15) is 17.2 Å². The Morgan fingerprint density at radius 2 is 2.09 bits per heavy atom. The molecule has 2 fully saturated rings. The number of rotatable bonds is 5. The van der Waals surface area contributed by atoms with E-state index in [0.717, 1.165) is 56.4 Å². The molecule has 3 aromatic heterocycles. The Kier molecular flexibility index (Phi) is 5.87. The molecule has 0 unspecified atom stereocenters. The van der Waals surface area contributed by atoms with Crippen LogP contribution in [0.4, 0.5) is 17.3 Å². The van der Waals surface area contributed by atoms with Crippen LogP contribution in [0.15, 0.2) is 30.6 Å². The summed E-state index contributed by atoms with van der Waals surface area (Å²) in [4.78, 5) is 24.6. The molecule has 3 N–H and O–H groups in total. The van der Waals surface area contributed by atoms with Gasteiger partial charge in [0.2, 0.25) is 0 Å². The average Bonchev–Trinajstić information content (AvgIpc) is 3.25. The molecule has 0 saturated carbocycles. The smallest absolute Gasteiger partial charge is 0.261 e. The van der Waals surface area contributed by atoms with Crippen molar-refractivity contribution in [2.45, 2.75) is 25.8 Å². The highest BCUT2D eigenvalue weighted by molar-refractivity contribution is 6.08. The van der Waals surface area contributed by atoms with Gasteiger partial charge < -0.3 is 25.6 Å². The molecular weight excluding hydrogens is 408 g/mol. The number of hydrogen-bond acceptors (Lipinski definition) is 8. The van der Waals surface area contributed by atoms with E-state index in [9.17, 15) is 4.79 Å². The van der Waals surface area contributed by atoms with Crippen LogP contribution >= 0.6 is 0 Å². The SMILES string of the molecule is Cc1nc(N2CCOCC2)ccc1NC(=O)c1cnn2ccc(N[C@@H]3CCCNC3)nc12. The summed E-state index contributed by atoms with van der Waals surface area (Å²) in [5.41, 5.74) is 2.38. The summed E-state index contributed by atoms with van der Waals surface area (Å²) < 4.78 is 7.02. The average molecular weight is 437 g/mol. The van der Waals surface area contributed by atoms with E-state index in [-0.39, 0.29) is 5.91 Å². The first-order chi connectivity index (χ1) is 15.7. The number of aromatic nitrogens is 4. The van der Waals surface area contributed by atoms with Crippen molar-refractivity contribution in [3.8, 4) is 0 Å². The zero-order valence-corrected chi connectivity index (χ0v) is 18.2. The number of fused-ring (bicyclic) bond motifs is 1. The van der Waals surface area contributed by atoms with Crippen LogP contribution in [0.5, 0.6) is 0 Å². The number of piperidine rings is 1. The Bertz CT molecular complexity index is 1100. The Balaban J connectivity index is 1.32. The fourth-order valence-electron chi connectivity index (χ4n) is 4.13. The molecule has 10 heteroatoms. The van der Waals surface area contributed by atoms with Crippen molar-refractivity contribution in [2.24, 2.45) is 0 Å². The Labute approximate surface area is 186 Å². The summed E-state index contributed by atoms with van der Waals surface area (Å²) in [7, 11) is 0. The van der Waals surface area contributed by atoms with Gasteiger partial charge in [-0.3, -0.25) is 4.79 Å². The summed E-state index contributed by atoms with van der Waals surface area (Å²) in [6, 6.07) is 6.04. The number of pyridine rings is 1. The number of ether oxygens (including phenoxy) is 1. The Hall–Kier alpha value is -3.24. The molecule has 0 bridgehead atoms. The van der Waals surface area contributed by atoms with Crippen LogP contribution in [-0.2, 0) is 4.74 Å². The summed E-state index contributed by atoms with van der Waals surface area (Å²) in [6.07, 6.45) is 5.60. The lowest BCUT2D eigenvalue weighted by molar-refractivity contribution is 0.102. The highest BCUT2D eigenvalue weighted by atomic mass is 16.5. The van der Waals surface area contributed by atoms with Crippen molar-refractivity contribution >= 4 is 28.9 Å². The molecule has 0 radical (unpaired) electrons. The fraction of sp³-hybridized carbons (Fsp3) is 0.455. The maximum atomic E-state index is 13.0. The molecule has 5 rings (SSSR count). The van der Waals surface area contributed by atoms with Crippen LogP contribution in [-0.4, -0.2) is 70.9 Å². The van der Waals surface area contributed by atoms with Crippen LogP contribution in [0.3, 0.4) is 0 Å². The van der Waals surface area contributed by atoms with E-state index in [1.807, 2.05) is 31.3 Å². The van der Waals surface area contributed by atoms with Crippen molar-refractivity contribution < 1.29 is 9.53 Å². The second kappa shape index (κ2) is 9.09. The lowest BCUT2D eigenvalue weighted by Gasteiger charge is -2.28. The molecule has 2 aliphatic rings. The number of hydrogen-bond donors (Lipinski definition) is 3. The molecule has 2 saturated heterocycles. The summed E-state index contributed by atoms with van der Waals surface area (Å²) in [6.45, 7) is 6.91. The summed E-state index contributed by atoms with van der Waals surface area (Å²) >= 11 is 0. The standard InChI is InChI=1S/C22H28N8O2/c1-15-18(4-5-20(25-15)29-9-11-32-12-10-29)27-22(31)17-14-24-30-8-6-19(28-21(17)30)26-16-3-2-7-23-13-16/h4-6,8,14,16,23H,2-3,7,9-13H2,1H3,(H,26,28)(H,27,31)/t16-/m1/s1. The van der Waals surface area contributed by atoms with Crippen LogP contribution in [0.2, 0.25) is 0 Å². The molecular formula is C22H28N8O2. The summed E-state index contributed by atoms with van der Waals surface area (Å²) in [5.74, 6) is 1.39. The first-order valence-corrected chi connectivity index (χ1v) is 11.1. The number of morpholine rings is 1. The lowest BCUT2D eigenvalue weighted by Crippen LogP contribution is -2.38. The number of nitrogens with one attached hydrogen (secondary N) is 3. The number of anilines is 3. The number of nitrogens with zero attached hydrogens (tertiary/aromatic N) is 5. The molecule has 168 valence electrons. The van der Waals surface area contributed by atoms with Gasteiger partial charge in [-0.05, 0) is 44.5 Å². The molecule has 3 aromatic rings. The minimum absolute atomic E-state index is 0.256. The van der Waals surface area contributed by atoms with Crippen LogP contribution in [0.1, 0.15) is 28.9 Å². The van der Waals surface area contributed by atoms with Crippen molar-refractivity contribution in [3.63, 3.8) is 0 Å². The van der Waals surface area contributed by atoms with Gasteiger partial charge in [-0.15, -0.1) is 0 Å². The van der Waals surface area contributed by atoms with Crippen LogP contribution < -0.4 is 20.9 Å². The largest absolute Gasteiger partial charge is 0.378 e. The zero-order chi connectivity index (χ0) is 21.9. The van der Waals surface area contributed by atoms with Gasteiger partial charge in [0, 0.05) is 31.9 Å². The van der Waals surface area contributed by atoms with E-state index in [1.165, 1.54) is 0 Å². The fourth-order valence-corrected chi connectivity index (χ4v) is 4.13. The maximum Gasteiger partial charge on any atom is 0.261 e. The quantitative estimate of drug-likeness (QED) is 0.555. The first-order valence-electron chi connectivity index (χ1n) is 11.1. The van der Waals surface area contributed by atoms with Gasteiger partial charge in [0.15, 0.2) is 5.65 Å². The Morgan fingerprint density at radius 3 is 2.88 bits per heavy atom. The monoisotopic (exact) mass is 436 g/mol. The number of aryl methyl sites for hydroxylation is 1. The minimum atomic E-state index is -0.256. The molecule has 32 heavy (non-hydrogen) atoms. The zero-order valence-electron chi connectivity index (χ0n) is 18.2. The molecule has 0 aromatic carbocycles. The van der Waals surface area contributed by atoms with Gasteiger partial charge in [-0.1, -0.05) is 0 Å². The third-order valence-corrected chi connectivity index (χ3v) is 5.92. The molecule has 0 aliphatic carbocycles. The number of carbonyl (C=O) groups is 1. The van der Waals surface area contributed by atoms with Gasteiger partial charge in [-0.2, -0.15) is 5.10 Å². The minimum Gasteiger partial charge on any atom is -0.378 e. The van der Waals surface area contributed by atoms with Crippen molar-refractivity contribution in [1.29, 1.82) is 0 Å². The van der Waals surface area contributed by atoms with Gasteiger partial charge in [0.05, 0.1) is 30.8 Å². The topological polar surface area (TPSA) is 109 Å². The van der Waals surface area contributed by atoms with Crippen LogP contribution in [0, 0.1) is 6.92 Å². The highest BCUT2D eigenvalue weighted by Gasteiger charge is 2.19. The van der Waals surface area contributed by atoms with E-state index in [2.05, 4.69) is 35.9 Å². The Morgan fingerprint density at radius 1 is 1.22 bits per heavy atom. The van der Waals surface area contributed by atoms with Gasteiger partial charge >= 0.3 is 0 Å². The first kappa shape index (κ1) is 20.7. The highest BCUT2D eigenvalue weighted by Crippen LogP contribution is 2.21. The molecule has 0 spiro atoms. The predicted molar refractivity (Wildman–Crippen MR) is 122 cm³/mol. The molecule has 2 aliphatic heterocycles.